The molecule has 2 aromatic rings. The molecule has 0 spiro atoms. The third-order valence-electron chi connectivity index (χ3n) is 4.27. The van der Waals surface area contributed by atoms with Crippen LogP contribution in [0, 0.1) is 0 Å². The molecule has 3 rings (SSSR count). The molecule has 0 saturated carbocycles. The Balaban J connectivity index is 2.01. The number of ether oxygens (including phenoxy) is 2. The molecule has 5 heteroatoms. The normalized spacial score (nSPS) is 13.5. The fourth-order valence-electron chi connectivity index (χ4n) is 3.13. The number of ketones is 1. The Morgan fingerprint density at radius 2 is 1.96 bits per heavy atom. The second kappa shape index (κ2) is 6.91. The van der Waals surface area contributed by atoms with Crippen molar-refractivity contribution in [2.24, 2.45) is 0 Å². The Kier molecular flexibility index (Phi) is 4.69. The standard InChI is InChI=1S/C19H21NO4/c1-3-24-19(22)16-11-14-5-4-6-17(21)18(14)20(16)12-13-7-9-15(23-2)10-8-13/h7-11H,3-6,12H2,1-2H3. The number of Topliss-reactive ketones (excluding diaryl/α,β-unsaturated/α-hetero) is 1. The van der Waals surface area contributed by atoms with E-state index in [-0.39, 0.29) is 11.8 Å². The van der Waals surface area contributed by atoms with Crippen LogP contribution in [0.2, 0.25) is 0 Å². The van der Waals surface area contributed by atoms with Crippen LogP contribution in [0.5, 0.6) is 5.75 Å². The smallest absolute Gasteiger partial charge is 0.354 e. The first-order valence-electron chi connectivity index (χ1n) is 8.19. The van der Waals surface area contributed by atoms with Gasteiger partial charge in [0.1, 0.15) is 11.4 Å². The Morgan fingerprint density at radius 1 is 1.21 bits per heavy atom. The van der Waals surface area contributed by atoms with E-state index in [2.05, 4.69) is 0 Å². The summed E-state index contributed by atoms with van der Waals surface area (Å²) < 4.78 is 12.1. The molecule has 24 heavy (non-hydrogen) atoms. The van der Waals surface area contributed by atoms with Crippen molar-refractivity contribution in [1.82, 2.24) is 4.57 Å². The number of fused-ring (bicyclic) bond motifs is 1. The molecule has 1 aliphatic rings. The highest BCUT2D eigenvalue weighted by atomic mass is 16.5. The van der Waals surface area contributed by atoms with Gasteiger partial charge >= 0.3 is 5.97 Å². The predicted molar refractivity (Wildman–Crippen MR) is 89.8 cm³/mol. The van der Waals surface area contributed by atoms with Gasteiger partial charge in [0, 0.05) is 13.0 Å². The van der Waals surface area contributed by atoms with Crippen LogP contribution < -0.4 is 4.74 Å². The average molecular weight is 327 g/mol. The van der Waals surface area contributed by atoms with Gasteiger partial charge in [-0.2, -0.15) is 0 Å². The first-order valence-corrected chi connectivity index (χ1v) is 8.19. The van der Waals surface area contributed by atoms with Gasteiger partial charge in [0.15, 0.2) is 5.78 Å². The number of carbonyl (C=O) groups excluding carboxylic acids is 2. The summed E-state index contributed by atoms with van der Waals surface area (Å²) in [6.45, 7) is 2.55. The summed E-state index contributed by atoms with van der Waals surface area (Å²) in [7, 11) is 1.62. The first-order chi connectivity index (χ1) is 11.6. The number of esters is 1. The van der Waals surface area contributed by atoms with E-state index in [4.69, 9.17) is 9.47 Å². The molecule has 0 radical (unpaired) electrons. The second-order valence-corrected chi connectivity index (χ2v) is 5.83. The number of methoxy groups -OCH3 is 1. The topological polar surface area (TPSA) is 57.5 Å². The van der Waals surface area contributed by atoms with Crippen LogP contribution in [0.15, 0.2) is 30.3 Å². The molecule has 0 amide bonds. The van der Waals surface area contributed by atoms with Gasteiger partial charge in [-0.1, -0.05) is 12.1 Å². The molecule has 0 bridgehead atoms. The summed E-state index contributed by atoms with van der Waals surface area (Å²) in [5.41, 5.74) is 3.05. The SMILES string of the molecule is CCOC(=O)c1cc2c(n1Cc1ccc(OC)cc1)C(=O)CCC2. The van der Waals surface area contributed by atoms with Gasteiger partial charge in [-0.25, -0.2) is 4.79 Å². The first kappa shape index (κ1) is 16.3. The number of rotatable bonds is 5. The lowest BCUT2D eigenvalue weighted by atomic mass is 9.97. The van der Waals surface area contributed by atoms with E-state index in [1.807, 2.05) is 30.3 Å². The number of hydrogen-bond donors (Lipinski definition) is 0. The maximum absolute atomic E-state index is 12.4. The number of hydrogen-bond acceptors (Lipinski definition) is 4. The van der Waals surface area contributed by atoms with Gasteiger partial charge in [-0.3, -0.25) is 4.79 Å². The number of carbonyl (C=O) groups is 2. The summed E-state index contributed by atoms with van der Waals surface area (Å²) in [5.74, 6) is 0.489. The van der Waals surface area contributed by atoms with E-state index in [0.29, 0.717) is 31.0 Å². The molecule has 0 unspecified atom stereocenters. The summed E-state index contributed by atoms with van der Waals surface area (Å²) in [5, 5.41) is 0. The lowest BCUT2D eigenvalue weighted by molar-refractivity contribution is 0.0514. The fraction of sp³-hybridized carbons (Fsp3) is 0.368. The van der Waals surface area contributed by atoms with Gasteiger partial charge < -0.3 is 14.0 Å². The minimum Gasteiger partial charge on any atom is -0.497 e. The number of aromatic nitrogens is 1. The average Bonchev–Trinajstić information content (AvgIpc) is 2.96. The summed E-state index contributed by atoms with van der Waals surface area (Å²) >= 11 is 0. The summed E-state index contributed by atoms with van der Waals surface area (Å²) in [4.78, 5) is 24.7. The van der Waals surface area contributed by atoms with Gasteiger partial charge in [0.25, 0.3) is 0 Å². The minimum absolute atomic E-state index is 0.0975. The highest BCUT2D eigenvalue weighted by molar-refractivity contribution is 6.00. The minimum atomic E-state index is -0.381. The Bertz CT molecular complexity index is 758. The lowest BCUT2D eigenvalue weighted by Crippen LogP contribution is -2.19. The van der Waals surface area contributed by atoms with E-state index in [1.165, 1.54) is 0 Å². The summed E-state index contributed by atoms with van der Waals surface area (Å²) in [6, 6.07) is 9.43. The Hall–Kier alpha value is -2.56. The number of aryl methyl sites for hydroxylation is 1. The molecule has 0 atom stereocenters. The molecule has 1 aromatic carbocycles. The van der Waals surface area contributed by atoms with Crippen molar-refractivity contribution in [3.63, 3.8) is 0 Å². The zero-order valence-electron chi connectivity index (χ0n) is 14.0. The highest BCUT2D eigenvalue weighted by Crippen LogP contribution is 2.27. The largest absolute Gasteiger partial charge is 0.497 e. The van der Waals surface area contributed by atoms with Crippen molar-refractivity contribution in [2.45, 2.75) is 32.7 Å². The van der Waals surface area contributed by atoms with Crippen molar-refractivity contribution < 1.29 is 19.1 Å². The molecule has 126 valence electrons. The van der Waals surface area contributed by atoms with Crippen molar-refractivity contribution >= 4 is 11.8 Å². The van der Waals surface area contributed by atoms with Crippen LogP contribution >= 0.6 is 0 Å². The fourth-order valence-corrected chi connectivity index (χ4v) is 3.13. The summed E-state index contributed by atoms with van der Waals surface area (Å²) in [6.07, 6.45) is 2.19. The van der Waals surface area contributed by atoms with Gasteiger partial charge in [0.2, 0.25) is 0 Å². The van der Waals surface area contributed by atoms with Gasteiger partial charge in [-0.05, 0) is 49.1 Å². The Labute approximate surface area is 141 Å². The van der Waals surface area contributed by atoms with E-state index in [9.17, 15) is 9.59 Å². The predicted octanol–water partition coefficient (Wildman–Crippen LogP) is 3.24. The second-order valence-electron chi connectivity index (χ2n) is 5.83. The van der Waals surface area contributed by atoms with E-state index in [0.717, 1.165) is 29.7 Å². The zero-order valence-corrected chi connectivity index (χ0v) is 14.0. The molecular weight excluding hydrogens is 306 g/mol. The molecule has 0 aliphatic heterocycles. The quantitative estimate of drug-likeness (QED) is 0.791. The van der Waals surface area contributed by atoms with Crippen LogP contribution in [-0.4, -0.2) is 30.0 Å². The maximum atomic E-state index is 12.4. The van der Waals surface area contributed by atoms with Crippen molar-refractivity contribution in [1.29, 1.82) is 0 Å². The maximum Gasteiger partial charge on any atom is 0.354 e. The molecule has 0 N–H and O–H groups in total. The molecule has 1 heterocycles. The highest BCUT2D eigenvalue weighted by Gasteiger charge is 2.27. The number of benzene rings is 1. The lowest BCUT2D eigenvalue weighted by Gasteiger charge is -2.16. The van der Waals surface area contributed by atoms with Gasteiger partial charge in [-0.15, -0.1) is 0 Å². The van der Waals surface area contributed by atoms with Crippen LogP contribution in [-0.2, 0) is 17.7 Å². The van der Waals surface area contributed by atoms with Crippen molar-refractivity contribution in [3.8, 4) is 5.75 Å². The third-order valence-corrected chi connectivity index (χ3v) is 4.27. The van der Waals surface area contributed by atoms with Gasteiger partial charge in [0.05, 0.1) is 19.4 Å². The van der Waals surface area contributed by atoms with Crippen LogP contribution in [0.25, 0.3) is 0 Å². The van der Waals surface area contributed by atoms with Crippen LogP contribution in [0.1, 0.15) is 51.9 Å². The van der Waals surface area contributed by atoms with E-state index >= 15 is 0 Å². The number of nitrogens with zero attached hydrogens (tertiary/aromatic N) is 1. The van der Waals surface area contributed by atoms with Crippen molar-refractivity contribution in [2.75, 3.05) is 13.7 Å². The zero-order chi connectivity index (χ0) is 17.1. The van der Waals surface area contributed by atoms with Crippen LogP contribution in [0.3, 0.4) is 0 Å². The Morgan fingerprint density at radius 3 is 2.62 bits per heavy atom. The molecule has 5 nitrogen and oxygen atoms in total. The van der Waals surface area contributed by atoms with Crippen molar-refractivity contribution in [3.05, 3.63) is 52.8 Å². The van der Waals surface area contributed by atoms with E-state index < -0.39 is 0 Å². The molecule has 1 aromatic heterocycles. The van der Waals surface area contributed by atoms with E-state index in [1.54, 1.807) is 18.6 Å². The molecular formula is C19H21NO4. The third kappa shape index (κ3) is 3.07. The van der Waals surface area contributed by atoms with Crippen LogP contribution in [0.4, 0.5) is 0 Å². The molecule has 1 aliphatic carbocycles. The molecule has 0 saturated heterocycles. The monoisotopic (exact) mass is 327 g/mol. The molecule has 0 fully saturated rings.